The topological polar surface area (TPSA) is 29.3 Å². The summed E-state index contributed by atoms with van der Waals surface area (Å²) in [5.41, 5.74) is 9.09. The SMILES string of the molecule is CCc1ccccc1CN1CCC(C)C(N)C1. The highest BCUT2D eigenvalue weighted by Crippen LogP contribution is 2.19. The Hall–Kier alpha value is -0.860. The quantitative estimate of drug-likeness (QED) is 0.867. The van der Waals surface area contributed by atoms with Gasteiger partial charge in [0.25, 0.3) is 0 Å². The van der Waals surface area contributed by atoms with Gasteiger partial charge in [0.1, 0.15) is 0 Å². The molecule has 94 valence electrons. The van der Waals surface area contributed by atoms with Crippen LogP contribution in [0.25, 0.3) is 0 Å². The molecular weight excluding hydrogens is 208 g/mol. The minimum absolute atomic E-state index is 0.345. The van der Waals surface area contributed by atoms with Crippen LogP contribution < -0.4 is 5.73 Å². The minimum atomic E-state index is 0.345. The zero-order valence-corrected chi connectivity index (χ0v) is 11.0. The van der Waals surface area contributed by atoms with E-state index >= 15 is 0 Å². The number of benzene rings is 1. The van der Waals surface area contributed by atoms with Gasteiger partial charge in [0.05, 0.1) is 0 Å². The van der Waals surface area contributed by atoms with Gasteiger partial charge in [-0.25, -0.2) is 0 Å². The summed E-state index contributed by atoms with van der Waals surface area (Å²) in [6.45, 7) is 7.78. The van der Waals surface area contributed by atoms with Gasteiger partial charge in [0, 0.05) is 19.1 Å². The molecular formula is C15H24N2. The van der Waals surface area contributed by atoms with Gasteiger partial charge in [-0.3, -0.25) is 4.90 Å². The molecule has 1 aliphatic rings. The number of hydrogen-bond donors (Lipinski definition) is 1. The largest absolute Gasteiger partial charge is 0.326 e. The van der Waals surface area contributed by atoms with Crippen molar-refractivity contribution in [3.63, 3.8) is 0 Å². The number of piperidine rings is 1. The normalized spacial score (nSPS) is 26.1. The van der Waals surface area contributed by atoms with Crippen LogP contribution in [0.1, 0.15) is 31.4 Å². The summed E-state index contributed by atoms with van der Waals surface area (Å²) in [7, 11) is 0. The highest BCUT2D eigenvalue weighted by atomic mass is 15.1. The van der Waals surface area contributed by atoms with Crippen molar-refractivity contribution >= 4 is 0 Å². The Morgan fingerprint density at radius 2 is 2.00 bits per heavy atom. The highest BCUT2D eigenvalue weighted by molar-refractivity contribution is 5.27. The summed E-state index contributed by atoms with van der Waals surface area (Å²) in [5, 5.41) is 0. The molecule has 1 aromatic rings. The first-order chi connectivity index (χ1) is 8.20. The molecule has 0 bridgehead atoms. The van der Waals surface area contributed by atoms with Crippen LogP contribution in [0.4, 0.5) is 0 Å². The zero-order valence-electron chi connectivity index (χ0n) is 11.0. The van der Waals surface area contributed by atoms with Crippen molar-refractivity contribution in [2.24, 2.45) is 11.7 Å². The monoisotopic (exact) mass is 232 g/mol. The van der Waals surface area contributed by atoms with Crippen molar-refractivity contribution in [3.05, 3.63) is 35.4 Å². The average Bonchev–Trinajstić information content (AvgIpc) is 2.34. The molecule has 0 aromatic heterocycles. The summed E-state index contributed by atoms with van der Waals surface area (Å²) in [6.07, 6.45) is 2.35. The minimum Gasteiger partial charge on any atom is -0.326 e. The molecule has 0 saturated carbocycles. The summed E-state index contributed by atoms with van der Waals surface area (Å²) >= 11 is 0. The fraction of sp³-hybridized carbons (Fsp3) is 0.600. The van der Waals surface area contributed by atoms with Crippen LogP contribution in [-0.4, -0.2) is 24.0 Å². The lowest BCUT2D eigenvalue weighted by atomic mass is 9.93. The fourth-order valence-corrected chi connectivity index (χ4v) is 2.61. The first-order valence-corrected chi connectivity index (χ1v) is 6.75. The molecule has 0 radical (unpaired) electrons. The van der Waals surface area contributed by atoms with E-state index in [0.29, 0.717) is 12.0 Å². The summed E-state index contributed by atoms with van der Waals surface area (Å²) in [4.78, 5) is 2.50. The number of rotatable bonds is 3. The maximum absolute atomic E-state index is 6.15. The Kier molecular flexibility index (Phi) is 4.19. The molecule has 2 nitrogen and oxygen atoms in total. The van der Waals surface area contributed by atoms with Crippen molar-refractivity contribution in [3.8, 4) is 0 Å². The van der Waals surface area contributed by atoms with Gasteiger partial charge in [-0.05, 0) is 36.4 Å². The Morgan fingerprint density at radius 3 is 2.65 bits per heavy atom. The van der Waals surface area contributed by atoms with Crippen LogP contribution in [0.2, 0.25) is 0 Å². The van der Waals surface area contributed by atoms with Gasteiger partial charge >= 0.3 is 0 Å². The summed E-state index contributed by atoms with van der Waals surface area (Å²) in [5.74, 6) is 0.674. The molecule has 17 heavy (non-hydrogen) atoms. The Balaban J connectivity index is 2.01. The predicted molar refractivity (Wildman–Crippen MR) is 72.9 cm³/mol. The average molecular weight is 232 g/mol. The van der Waals surface area contributed by atoms with Gasteiger partial charge in [-0.2, -0.15) is 0 Å². The summed E-state index contributed by atoms with van der Waals surface area (Å²) < 4.78 is 0. The van der Waals surface area contributed by atoms with Gasteiger partial charge in [-0.1, -0.05) is 38.1 Å². The molecule has 2 N–H and O–H groups in total. The third kappa shape index (κ3) is 3.08. The molecule has 2 atom stereocenters. The highest BCUT2D eigenvalue weighted by Gasteiger charge is 2.23. The van der Waals surface area contributed by atoms with Crippen LogP contribution in [0.15, 0.2) is 24.3 Å². The van der Waals surface area contributed by atoms with E-state index in [1.54, 1.807) is 0 Å². The van der Waals surface area contributed by atoms with Crippen molar-refractivity contribution in [2.45, 2.75) is 39.3 Å². The van der Waals surface area contributed by atoms with E-state index in [1.807, 2.05) is 0 Å². The van der Waals surface area contributed by atoms with Crippen molar-refractivity contribution in [2.75, 3.05) is 13.1 Å². The van der Waals surface area contributed by atoms with E-state index in [9.17, 15) is 0 Å². The molecule has 1 fully saturated rings. The number of aryl methyl sites for hydroxylation is 1. The standard InChI is InChI=1S/C15H24N2/c1-3-13-6-4-5-7-14(13)10-17-9-8-12(2)15(16)11-17/h4-7,12,15H,3,8-11,16H2,1-2H3. The zero-order chi connectivity index (χ0) is 12.3. The lowest BCUT2D eigenvalue weighted by Crippen LogP contribution is -2.47. The molecule has 0 spiro atoms. The van der Waals surface area contributed by atoms with Crippen LogP contribution in [-0.2, 0) is 13.0 Å². The maximum atomic E-state index is 6.15. The smallest absolute Gasteiger partial charge is 0.0237 e. The predicted octanol–water partition coefficient (Wildman–Crippen LogP) is 2.42. The van der Waals surface area contributed by atoms with Crippen molar-refractivity contribution < 1.29 is 0 Å². The van der Waals surface area contributed by atoms with Crippen LogP contribution in [0.3, 0.4) is 0 Å². The third-order valence-electron chi connectivity index (χ3n) is 3.99. The Bertz CT molecular complexity index is 362. The Morgan fingerprint density at radius 1 is 1.29 bits per heavy atom. The van der Waals surface area contributed by atoms with E-state index in [2.05, 4.69) is 43.0 Å². The fourth-order valence-electron chi connectivity index (χ4n) is 2.61. The van der Waals surface area contributed by atoms with Gasteiger partial charge in [0.2, 0.25) is 0 Å². The second kappa shape index (κ2) is 5.65. The van der Waals surface area contributed by atoms with Gasteiger partial charge in [0.15, 0.2) is 0 Å². The summed E-state index contributed by atoms with van der Waals surface area (Å²) in [6, 6.07) is 9.11. The molecule has 1 aliphatic heterocycles. The molecule has 2 unspecified atom stereocenters. The molecule has 2 rings (SSSR count). The van der Waals surface area contributed by atoms with E-state index in [0.717, 1.165) is 19.5 Å². The van der Waals surface area contributed by atoms with E-state index < -0.39 is 0 Å². The third-order valence-corrected chi connectivity index (χ3v) is 3.99. The van der Waals surface area contributed by atoms with Crippen LogP contribution in [0, 0.1) is 5.92 Å². The first-order valence-electron chi connectivity index (χ1n) is 6.75. The number of likely N-dealkylation sites (tertiary alicyclic amines) is 1. The lowest BCUT2D eigenvalue weighted by molar-refractivity contribution is 0.162. The van der Waals surface area contributed by atoms with E-state index in [1.165, 1.54) is 24.1 Å². The second-order valence-electron chi connectivity index (χ2n) is 5.29. The molecule has 0 amide bonds. The molecule has 1 saturated heterocycles. The van der Waals surface area contributed by atoms with Gasteiger partial charge < -0.3 is 5.73 Å². The van der Waals surface area contributed by atoms with Crippen molar-refractivity contribution in [1.82, 2.24) is 4.90 Å². The van der Waals surface area contributed by atoms with Crippen molar-refractivity contribution in [1.29, 1.82) is 0 Å². The number of nitrogens with two attached hydrogens (primary N) is 1. The second-order valence-corrected chi connectivity index (χ2v) is 5.29. The molecule has 0 aliphatic carbocycles. The molecule has 2 heteroatoms. The van der Waals surface area contributed by atoms with Gasteiger partial charge in [-0.15, -0.1) is 0 Å². The maximum Gasteiger partial charge on any atom is 0.0237 e. The number of hydrogen-bond acceptors (Lipinski definition) is 2. The molecule has 1 aromatic carbocycles. The van der Waals surface area contributed by atoms with Crippen LogP contribution >= 0.6 is 0 Å². The Labute approximate surface area is 105 Å². The van der Waals surface area contributed by atoms with Crippen LogP contribution in [0.5, 0.6) is 0 Å². The van der Waals surface area contributed by atoms with E-state index in [-0.39, 0.29) is 0 Å². The first kappa shape index (κ1) is 12.6. The number of nitrogens with zero attached hydrogens (tertiary/aromatic N) is 1. The van der Waals surface area contributed by atoms with E-state index in [4.69, 9.17) is 5.73 Å². The lowest BCUT2D eigenvalue weighted by Gasteiger charge is -2.35. The molecule has 1 heterocycles.